The number of nitrogens with two attached hydrogens (primary N) is 1. The second-order valence-electron chi connectivity index (χ2n) is 4.99. The Morgan fingerprint density at radius 1 is 1.40 bits per heavy atom. The molecule has 1 saturated carbocycles. The van der Waals surface area contributed by atoms with Gasteiger partial charge in [0, 0.05) is 25.0 Å². The highest BCUT2D eigenvalue weighted by atomic mass is 16.2. The maximum atomic E-state index is 11.3. The van der Waals surface area contributed by atoms with E-state index in [0.717, 1.165) is 13.1 Å². The van der Waals surface area contributed by atoms with Crippen LogP contribution in [-0.2, 0) is 4.79 Å². The largest absolute Gasteiger partial charge is 0.299 e. The molecular weight excluding hydrogens is 190 g/mol. The Hall–Kier alpha value is -0.610. The molecule has 0 heterocycles. The lowest BCUT2D eigenvalue weighted by Crippen LogP contribution is -2.42. The zero-order valence-electron chi connectivity index (χ0n) is 9.99. The minimum absolute atomic E-state index is 0.0191. The minimum atomic E-state index is -0.0654. The fraction of sp³-hybridized carbons (Fsp3) is 0.909. The fourth-order valence-electron chi connectivity index (χ4n) is 1.86. The summed E-state index contributed by atoms with van der Waals surface area (Å²) >= 11 is 0. The van der Waals surface area contributed by atoms with Crippen molar-refractivity contribution in [3.63, 3.8) is 0 Å². The number of rotatable bonds is 6. The van der Waals surface area contributed by atoms with Crippen molar-refractivity contribution in [2.24, 2.45) is 17.7 Å². The van der Waals surface area contributed by atoms with E-state index in [2.05, 4.69) is 24.2 Å². The lowest BCUT2D eigenvalue weighted by atomic mass is 10.1. The number of hydrogen-bond acceptors (Lipinski definition) is 3. The van der Waals surface area contributed by atoms with E-state index in [9.17, 15) is 4.79 Å². The second-order valence-corrected chi connectivity index (χ2v) is 4.99. The fourth-order valence-corrected chi connectivity index (χ4v) is 1.86. The van der Waals surface area contributed by atoms with Crippen molar-refractivity contribution >= 4 is 5.91 Å². The molecule has 0 radical (unpaired) electrons. The molecule has 1 aliphatic rings. The van der Waals surface area contributed by atoms with Crippen molar-refractivity contribution in [2.75, 3.05) is 13.1 Å². The second kappa shape index (κ2) is 5.47. The molecule has 0 spiro atoms. The van der Waals surface area contributed by atoms with E-state index >= 15 is 0 Å². The predicted octanol–water partition coefficient (Wildman–Crippen LogP) is 0.733. The molecular formula is C11H23N3O. The van der Waals surface area contributed by atoms with E-state index in [4.69, 9.17) is 5.84 Å². The molecule has 1 fully saturated rings. The molecule has 4 nitrogen and oxygen atoms in total. The van der Waals surface area contributed by atoms with Gasteiger partial charge in [-0.25, -0.2) is 5.84 Å². The van der Waals surface area contributed by atoms with Gasteiger partial charge in [0.1, 0.15) is 0 Å². The van der Waals surface area contributed by atoms with Gasteiger partial charge in [-0.15, -0.1) is 0 Å². The molecule has 1 unspecified atom stereocenters. The molecule has 0 aromatic heterocycles. The minimum Gasteiger partial charge on any atom is -0.299 e. The predicted molar refractivity (Wildman–Crippen MR) is 60.9 cm³/mol. The maximum absolute atomic E-state index is 11.3. The van der Waals surface area contributed by atoms with Crippen LogP contribution in [0, 0.1) is 11.8 Å². The number of amides is 1. The highest BCUT2D eigenvalue weighted by Crippen LogP contribution is 2.28. The van der Waals surface area contributed by atoms with Gasteiger partial charge in [0.05, 0.1) is 0 Å². The van der Waals surface area contributed by atoms with Gasteiger partial charge in [0.25, 0.3) is 0 Å². The van der Waals surface area contributed by atoms with E-state index in [1.54, 1.807) is 0 Å². The third-order valence-electron chi connectivity index (χ3n) is 2.76. The zero-order chi connectivity index (χ0) is 11.4. The van der Waals surface area contributed by atoms with E-state index in [0.29, 0.717) is 12.0 Å². The maximum Gasteiger partial charge on any atom is 0.237 e. The van der Waals surface area contributed by atoms with Crippen LogP contribution in [0.4, 0.5) is 0 Å². The average Bonchev–Trinajstić information content (AvgIpc) is 2.97. The lowest BCUT2D eigenvalue weighted by molar-refractivity contribution is -0.125. The number of nitrogens with one attached hydrogen (secondary N) is 1. The molecule has 0 aromatic rings. The molecule has 0 saturated heterocycles. The van der Waals surface area contributed by atoms with Crippen molar-refractivity contribution in [3.8, 4) is 0 Å². The molecule has 1 atom stereocenters. The normalized spacial score (nSPS) is 18.3. The van der Waals surface area contributed by atoms with Crippen molar-refractivity contribution in [2.45, 2.75) is 39.7 Å². The Kier molecular flexibility index (Phi) is 4.54. The molecule has 0 aliphatic heterocycles. The summed E-state index contributed by atoms with van der Waals surface area (Å²) in [5.41, 5.74) is 2.22. The number of carbonyl (C=O) groups is 1. The Morgan fingerprint density at radius 3 is 2.40 bits per heavy atom. The highest BCUT2D eigenvalue weighted by Gasteiger charge is 2.31. The SMILES string of the molecule is CC(C)CN(CC(C)C(=O)NN)C1CC1. The average molecular weight is 213 g/mol. The molecule has 15 heavy (non-hydrogen) atoms. The summed E-state index contributed by atoms with van der Waals surface area (Å²) < 4.78 is 0. The molecule has 4 heteroatoms. The number of hydrazine groups is 1. The molecule has 1 rings (SSSR count). The van der Waals surface area contributed by atoms with Crippen LogP contribution in [0.2, 0.25) is 0 Å². The van der Waals surface area contributed by atoms with Gasteiger partial charge in [0.15, 0.2) is 0 Å². The van der Waals surface area contributed by atoms with Crippen LogP contribution in [0.15, 0.2) is 0 Å². The summed E-state index contributed by atoms with van der Waals surface area (Å²) in [7, 11) is 0. The van der Waals surface area contributed by atoms with Gasteiger partial charge in [-0.1, -0.05) is 20.8 Å². The third kappa shape index (κ3) is 4.18. The van der Waals surface area contributed by atoms with Crippen molar-refractivity contribution < 1.29 is 4.79 Å². The standard InChI is InChI=1S/C11H23N3O/c1-8(2)6-14(10-4-5-10)7-9(3)11(15)13-12/h8-10H,4-7,12H2,1-3H3,(H,13,15). The summed E-state index contributed by atoms with van der Waals surface area (Å²) in [4.78, 5) is 13.7. The Labute approximate surface area is 92.2 Å². The van der Waals surface area contributed by atoms with Crippen LogP contribution in [0.3, 0.4) is 0 Å². The Morgan fingerprint density at radius 2 is 2.00 bits per heavy atom. The van der Waals surface area contributed by atoms with Crippen LogP contribution in [0.25, 0.3) is 0 Å². The zero-order valence-corrected chi connectivity index (χ0v) is 9.99. The lowest BCUT2D eigenvalue weighted by Gasteiger charge is -2.26. The van der Waals surface area contributed by atoms with Gasteiger partial charge in [0.2, 0.25) is 5.91 Å². The van der Waals surface area contributed by atoms with Gasteiger partial charge in [-0.05, 0) is 18.8 Å². The summed E-state index contributed by atoms with van der Waals surface area (Å²) in [6.45, 7) is 8.25. The first-order chi connectivity index (χ1) is 7.04. The summed E-state index contributed by atoms with van der Waals surface area (Å²) in [6.07, 6.45) is 2.56. The molecule has 0 bridgehead atoms. The van der Waals surface area contributed by atoms with Crippen LogP contribution in [0.5, 0.6) is 0 Å². The van der Waals surface area contributed by atoms with Crippen LogP contribution >= 0.6 is 0 Å². The third-order valence-corrected chi connectivity index (χ3v) is 2.76. The van der Waals surface area contributed by atoms with Crippen molar-refractivity contribution in [3.05, 3.63) is 0 Å². The van der Waals surface area contributed by atoms with Gasteiger partial charge in [-0.3, -0.25) is 15.1 Å². The summed E-state index contributed by atoms with van der Waals surface area (Å²) in [6, 6.07) is 0.709. The number of hydrogen-bond donors (Lipinski definition) is 2. The first-order valence-electron chi connectivity index (χ1n) is 5.79. The van der Waals surface area contributed by atoms with Crippen LogP contribution in [0.1, 0.15) is 33.6 Å². The van der Waals surface area contributed by atoms with Gasteiger partial charge in [-0.2, -0.15) is 0 Å². The Balaban J connectivity index is 2.39. The first-order valence-corrected chi connectivity index (χ1v) is 5.79. The summed E-state index contributed by atoms with van der Waals surface area (Å²) in [5, 5.41) is 0. The number of nitrogens with zero attached hydrogens (tertiary/aromatic N) is 1. The summed E-state index contributed by atoms with van der Waals surface area (Å²) in [5.74, 6) is 5.69. The monoisotopic (exact) mass is 213 g/mol. The molecule has 3 N–H and O–H groups in total. The van der Waals surface area contributed by atoms with Crippen LogP contribution < -0.4 is 11.3 Å². The van der Waals surface area contributed by atoms with Gasteiger partial charge < -0.3 is 0 Å². The highest BCUT2D eigenvalue weighted by molar-refractivity contribution is 5.77. The van der Waals surface area contributed by atoms with Crippen LogP contribution in [-0.4, -0.2) is 29.9 Å². The molecule has 1 aliphatic carbocycles. The smallest absolute Gasteiger partial charge is 0.237 e. The van der Waals surface area contributed by atoms with E-state index < -0.39 is 0 Å². The topological polar surface area (TPSA) is 58.4 Å². The van der Waals surface area contributed by atoms with E-state index in [1.165, 1.54) is 12.8 Å². The first kappa shape index (κ1) is 12.5. The van der Waals surface area contributed by atoms with Gasteiger partial charge >= 0.3 is 0 Å². The molecule has 88 valence electrons. The van der Waals surface area contributed by atoms with Crippen molar-refractivity contribution in [1.29, 1.82) is 0 Å². The molecule has 1 amide bonds. The Bertz CT molecular complexity index is 214. The quantitative estimate of drug-likeness (QED) is 0.388. The molecule has 0 aromatic carbocycles. The van der Waals surface area contributed by atoms with E-state index in [-0.39, 0.29) is 11.8 Å². The van der Waals surface area contributed by atoms with E-state index in [1.807, 2.05) is 6.92 Å². The number of carbonyl (C=O) groups excluding carboxylic acids is 1. The van der Waals surface area contributed by atoms with Crippen molar-refractivity contribution in [1.82, 2.24) is 10.3 Å².